The van der Waals surface area contributed by atoms with Crippen molar-refractivity contribution >= 4 is 5.78 Å². The molecule has 5 rings (SSSR count). The molecule has 5 aliphatic rings. The van der Waals surface area contributed by atoms with Gasteiger partial charge in [-0.25, -0.2) is 0 Å². The second-order valence-electron chi connectivity index (χ2n) is 9.23. The summed E-state index contributed by atoms with van der Waals surface area (Å²) in [4.78, 5) is 12.4. The van der Waals surface area contributed by atoms with Crippen LogP contribution in [0.15, 0.2) is 0 Å². The van der Waals surface area contributed by atoms with E-state index in [4.69, 9.17) is 4.74 Å². The van der Waals surface area contributed by atoms with Crippen LogP contribution < -0.4 is 0 Å². The van der Waals surface area contributed by atoms with Gasteiger partial charge in [-0.15, -0.1) is 0 Å². The van der Waals surface area contributed by atoms with Gasteiger partial charge in [0, 0.05) is 11.8 Å². The van der Waals surface area contributed by atoms with Crippen LogP contribution in [0, 0.1) is 34.5 Å². The second-order valence-corrected chi connectivity index (χ2v) is 9.23. The minimum absolute atomic E-state index is 0.0393. The number of hydrogen-bond acceptors (Lipinski definition) is 2. The van der Waals surface area contributed by atoms with E-state index in [9.17, 15) is 4.79 Å². The van der Waals surface area contributed by atoms with Crippen molar-refractivity contribution in [1.29, 1.82) is 0 Å². The normalized spacial score (nSPS) is 61.5. The van der Waals surface area contributed by atoms with Gasteiger partial charge in [0.25, 0.3) is 0 Å². The molecule has 21 heavy (non-hydrogen) atoms. The molecule has 3 unspecified atom stereocenters. The molecule has 0 bridgehead atoms. The summed E-state index contributed by atoms with van der Waals surface area (Å²) in [5, 5.41) is 0. The lowest BCUT2D eigenvalue weighted by atomic mass is 9.45. The van der Waals surface area contributed by atoms with Gasteiger partial charge in [-0.2, -0.15) is 0 Å². The Hall–Kier alpha value is -0.370. The summed E-state index contributed by atoms with van der Waals surface area (Å²) in [7, 11) is 0. The fraction of sp³-hybridized carbons (Fsp3) is 0.947. The van der Waals surface area contributed by atoms with Gasteiger partial charge in [0.2, 0.25) is 0 Å². The smallest absolute Gasteiger partial charge is 0.139 e. The van der Waals surface area contributed by atoms with Gasteiger partial charge < -0.3 is 4.74 Å². The molecule has 2 nitrogen and oxygen atoms in total. The number of Topliss-reactive ketones (excluding diaryl/α,β-unsaturated/α-hetero) is 1. The van der Waals surface area contributed by atoms with Gasteiger partial charge in [0.15, 0.2) is 0 Å². The Labute approximate surface area is 128 Å². The first-order valence-corrected chi connectivity index (χ1v) is 9.21. The van der Waals surface area contributed by atoms with Crippen LogP contribution in [0.1, 0.15) is 65.2 Å². The summed E-state index contributed by atoms with van der Waals surface area (Å²) in [6, 6.07) is 0. The number of carbonyl (C=O) groups excluding carboxylic acids is 1. The van der Waals surface area contributed by atoms with Gasteiger partial charge >= 0.3 is 0 Å². The predicted octanol–water partition coefficient (Wildman–Crippen LogP) is 3.98. The molecule has 0 aromatic rings. The molecule has 2 heteroatoms. The Morgan fingerprint density at radius 1 is 1.05 bits per heavy atom. The average molecular weight is 288 g/mol. The van der Waals surface area contributed by atoms with Crippen molar-refractivity contribution < 1.29 is 9.53 Å². The molecule has 1 aliphatic heterocycles. The van der Waals surface area contributed by atoms with Crippen molar-refractivity contribution in [3.63, 3.8) is 0 Å². The monoisotopic (exact) mass is 288 g/mol. The molecule has 5 fully saturated rings. The molecule has 1 saturated heterocycles. The van der Waals surface area contributed by atoms with Crippen LogP contribution in [0.25, 0.3) is 0 Å². The zero-order valence-electron chi connectivity index (χ0n) is 13.4. The molecule has 0 aromatic carbocycles. The highest BCUT2D eigenvalue weighted by Gasteiger charge is 2.63. The highest BCUT2D eigenvalue weighted by molar-refractivity contribution is 5.87. The lowest BCUT2D eigenvalue weighted by Gasteiger charge is -2.59. The molecule has 0 aromatic heterocycles. The molecule has 8 atom stereocenters. The number of rotatable bonds is 0. The summed E-state index contributed by atoms with van der Waals surface area (Å²) < 4.78 is 5.88. The molecular formula is C19H28O2. The summed E-state index contributed by atoms with van der Waals surface area (Å²) in [6.45, 7) is 4.87. The van der Waals surface area contributed by atoms with E-state index < -0.39 is 0 Å². The van der Waals surface area contributed by atoms with E-state index in [1.54, 1.807) is 0 Å². The zero-order chi connectivity index (χ0) is 14.4. The van der Waals surface area contributed by atoms with Crippen LogP contribution in [-0.4, -0.2) is 18.0 Å². The number of epoxide rings is 1. The summed E-state index contributed by atoms with van der Waals surface area (Å²) >= 11 is 0. The highest BCUT2D eigenvalue weighted by atomic mass is 16.6. The van der Waals surface area contributed by atoms with Crippen LogP contribution in [-0.2, 0) is 9.53 Å². The fourth-order valence-corrected chi connectivity index (χ4v) is 7.29. The molecule has 1 heterocycles. The maximum absolute atomic E-state index is 12.4. The first-order chi connectivity index (χ1) is 10.0. The number of hydrogen-bond donors (Lipinski definition) is 0. The Bertz CT molecular complexity index is 500. The first-order valence-electron chi connectivity index (χ1n) is 9.21. The van der Waals surface area contributed by atoms with Crippen molar-refractivity contribution in [1.82, 2.24) is 0 Å². The number of ether oxygens (including phenoxy) is 1. The quantitative estimate of drug-likeness (QED) is 0.631. The Morgan fingerprint density at radius 3 is 2.76 bits per heavy atom. The lowest BCUT2D eigenvalue weighted by Crippen LogP contribution is -2.53. The number of carbonyl (C=O) groups is 1. The maximum atomic E-state index is 12.4. The standard InChI is InChI=1S/C19H28O2/c1-18-8-7-14-12(13(18)5-6-17(18)20)4-3-11-9-15-16(21-15)10-19(11,14)2/h11-16H,3-10H2,1-2H3/t11?,12-,13-,14-,15?,16?,18-,19-/m0/s1. The molecule has 116 valence electrons. The third-order valence-corrected chi connectivity index (χ3v) is 8.62. The lowest BCUT2D eigenvalue weighted by molar-refractivity contribution is -0.137. The van der Waals surface area contributed by atoms with Crippen molar-refractivity contribution in [2.75, 3.05) is 0 Å². The second kappa shape index (κ2) is 3.93. The van der Waals surface area contributed by atoms with E-state index in [1.165, 1.54) is 38.5 Å². The number of fused-ring (bicyclic) bond motifs is 6. The zero-order valence-corrected chi connectivity index (χ0v) is 13.4. The molecule has 4 aliphatic carbocycles. The topological polar surface area (TPSA) is 29.6 Å². The highest BCUT2D eigenvalue weighted by Crippen LogP contribution is 2.67. The Balaban J connectivity index is 1.49. The van der Waals surface area contributed by atoms with E-state index in [-0.39, 0.29) is 5.41 Å². The SMILES string of the molecule is C[C@]12CC3OC3CC1CC[C@@H]1[C@@H]2CC[C@]2(C)C(=O)CC[C@@H]12. The van der Waals surface area contributed by atoms with E-state index in [0.717, 1.165) is 30.6 Å². The molecule has 0 radical (unpaired) electrons. The van der Waals surface area contributed by atoms with Gasteiger partial charge in [0.1, 0.15) is 5.78 Å². The first kappa shape index (κ1) is 13.1. The van der Waals surface area contributed by atoms with Crippen molar-refractivity contribution in [3.8, 4) is 0 Å². The van der Waals surface area contributed by atoms with E-state index >= 15 is 0 Å². The maximum Gasteiger partial charge on any atom is 0.139 e. The van der Waals surface area contributed by atoms with Gasteiger partial charge in [-0.1, -0.05) is 13.8 Å². The Morgan fingerprint density at radius 2 is 1.90 bits per heavy atom. The Kier molecular flexibility index (Phi) is 2.45. The fourth-order valence-electron chi connectivity index (χ4n) is 7.29. The van der Waals surface area contributed by atoms with E-state index in [2.05, 4.69) is 13.8 Å². The van der Waals surface area contributed by atoms with Crippen LogP contribution >= 0.6 is 0 Å². The third-order valence-electron chi connectivity index (χ3n) is 8.62. The third kappa shape index (κ3) is 1.56. The van der Waals surface area contributed by atoms with Crippen LogP contribution in [0.3, 0.4) is 0 Å². The van der Waals surface area contributed by atoms with Crippen molar-refractivity contribution in [2.24, 2.45) is 34.5 Å². The molecule has 4 saturated carbocycles. The summed E-state index contributed by atoms with van der Waals surface area (Å²) in [5.74, 6) is 3.85. The van der Waals surface area contributed by atoms with Gasteiger partial charge in [-0.3, -0.25) is 4.79 Å². The van der Waals surface area contributed by atoms with Crippen molar-refractivity contribution in [3.05, 3.63) is 0 Å². The van der Waals surface area contributed by atoms with Crippen LogP contribution in [0.5, 0.6) is 0 Å². The molecule has 0 N–H and O–H groups in total. The van der Waals surface area contributed by atoms with Crippen LogP contribution in [0.4, 0.5) is 0 Å². The van der Waals surface area contributed by atoms with Crippen molar-refractivity contribution in [2.45, 2.75) is 77.4 Å². The molecule has 0 spiro atoms. The van der Waals surface area contributed by atoms with E-state index in [0.29, 0.717) is 29.3 Å². The number of ketones is 1. The molecule has 0 amide bonds. The van der Waals surface area contributed by atoms with Gasteiger partial charge in [-0.05, 0) is 74.0 Å². The van der Waals surface area contributed by atoms with E-state index in [1.807, 2.05) is 0 Å². The minimum atomic E-state index is 0.0393. The average Bonchev–Trinajstić information content (AvgIpc) is 3.12. The largest absolute Gasteiger partial charge is 0.370 e. The molecular weight excluding hydrogens is 260 g/mol. The van der Waals surface area contributed by atoms with Gasteiger partial charge in [0.05, 0.1) is 12.2 Å². The predicted molar refractivity (Wildman–Crippen MR) is 80.8 cm³/mol. The minimum Gasteiger partial charge on any atom is -0.370 e. The summed E-state index contributed by atoms with van der Waals surface area (Å²) in [5.41, 5.74) is 0.547. The summed E-state index contributed by atoms with van der Waals surface area (Å²) in [6.07, 6.45) is 11.1. The van der Waals surface area contributed by atoms with Crippen LogP contribution in [0.2, 0.25) is 0 Å².